The van der Waals surface area contributed by atoms with Crippen molar-refractivity contribution in [2.24, 2.45) is 21.7 Å². The van der Waals surface area contributed by atoms with Crippen LogP contribution in [0.2, 0.25) is 0 Å². The first-order chi connectivity index (χ1) is 11.4. The minimum Gasteiger partial charge on any atom is -0.396 e. The molecule has 0 rings (SSSR count). The Hall–Kier alpha value is -1.14. The number of nitrogens with one attached hydrogen (secondary N) is 2. The van der Waals surface area contributed by atoms with Crippen LogP contribution >= 0.6 is 0 Å². The predicted octanol–water partition coefficient (Wildman–Crippen LogP) is 2.43. The van der Waals surface area contributed by atoms with Gasteiger partial charge in [0.2, 0.25) is 11.8 Å². The van der Waals surface area contributed by atoms with Crippen molar-refractivity contribution in [3.63, 3.8) is 0 Å². The molecule has 0 heterocycles. The van der Waals surface area contributed by atoms with Gasteiger partial charge in [-0.2, -0.15) is 0 Å². The predicted molar refractivity (Wildman–Crippen MR) is 104 cm³/mol. The van der Waals surface area contributed by atoms with Crippen LogP contribution in [0.15, 0.2) is 0 Å². The third-order valence-electron chi connectivity index (χ3n) is 4.30. The van der Waals surface area contributed by atoms with Gasteiger partial charge in [0.1, 0.15) is 6.23 Å². The average Bonchev–Trinajstić information content (AvgIpc) is 2.40. The molecule has 4 N–H and O–H groups in total. The molecule has 0 aliphatic carbocycles. The summed E-state index contributed by atoms with van der Waals surface area (Å²) in [5, 5.41) is 24.7. The van der Waals surface area contributed by atoms with E-state index in [-0.39, 0.29) is 35.8 Å². The lowest BCUT2D eigenvalue weighted by molar-refractivity contribution is -0.136. The zero-order chi connectivity index (χ0) is 21.0. The highest BCUT2D eigenvalue weighted by Crippen LogP contribution is 2.34. The summed E-state index contributed by atoms with van der Waals surface area (Å²) in [4.78, 5) is 24.8. The van der Waals surface area contributed by atoms with Crippen molar-refractivity contribution in [3.8, 4) is 0 Å². The van der Waals surface area contributed by atoms with Gasteiger partial charge < -0.3 is 20.8 Å². The summed E-state index contributed by atoms with van der Waals surface area (Å²) in [7, 11) is 0. The summed E-state index contributed by atoms with van der Waals surface area (Å²) in [6.07, 6.45) is 0.0322. The minimum absolute atomic E-state index is 0.00868. The van der Waals surface area contributed by atoms with Crippen LogP contribution in [0.1, 0.15) is 75.2 Å². The highest BCUT2D eigenvalue weighted by Gasteiger charge is 2.35. The molecule has 6 nitrogen and oxygen atoms in total. The zero-order valence-corrected chi connectivity index (χ0v) is 18.1. The van der Waals surface area contributed by atoms with E-state index < -0.39 is 17.1 Å². The Labute approximate surface area is 159 Å². The molecule has 0 fully saturated rings. The van der Waals surface area contributed by atoms with Crippen molar-refractivity contribution < 1.29 is 19.8 Å². The van der Waals surface area contributed by atoms with Crippen LogP contribution in [-0.2, 0) is 9.59 Å². The summed E-state index contributed by atoms with van der Waals surface area (Å²) in [5.41, 5.74) is -1.69. The number of aliphatic hydroxyl groups excluding tert-OH is 2. The van der Waals surface area contributed by atoms with Crippen LogP contribution in [0.3, 0.4) is 0 Å². The first kappa shape index (κ1) is 24.9. The molecule has 0 aliphatic heterocycles. The molecular formula is C20H40N2O4. The van der Waals surface area contributed by atoms with E-state index in [1.165, 1.54) is 0 Å². The Morgan fingerprint density at radius 3 is 1.73 bits per heavy atom. The van der Waals surface area contributed by atoms with Crippen molar-refractivity contribution in [1.29, 1.82) is 0 Å². The zero-order valence-electron chi connectivity index (χ0n) is 18.1. The molecular weight excluding hydrogens is 332 g/mol. The van der Waals surface area contributed by atoms with Gasteiger partial charge in [0.25, 0.3) is 0 Å². The van der Waals surface area contributed by atoms with Gasteiger partial charge >= 0.3 is 0 Å². The molecule has 0 aliphatic rings. The van der Waals surface area contributed by atoms with Crippen LogP contribution in [-0.4, -0.2) is 41.4 Å². The van der Waals surface area contributed by atoms with Gasteiger partial charge in [-0.1, -0.05) is 62.3 Å². The second kappa shape index (κ2) is 8.70. The van der Waals surface area contributed by atoms with Gasteiger partial charge in [-0.05, 0) is 23.7 Å². The molecule has 0 saturated carbocycles. The van der Waals surface area contributed by atoms with Crippen LogP contribution < -0.4 is 10.6 Å². The maximum absolute atomic E-state index is 12.4. The standard InChI is InChI=1S/C20H40N2O4/c1-17(2,3)11-19(6,7)16(26)22-14(24)10-21-15(25)20(8,9)12-18(4,5)13-23/h14,23-24H,10-13H2,1-9H3,(H,21,25)(H,22,26). The number of hydrogen-bond donors (Lipinski definition) is 4. The van der Waals surface area contributed by atoms with E-state index >= 15 is 0 Å². The lowest BCUT2D eigenvalue weighted by Crippen LogP contribution is -2.50. The quantitative estimate of drug-likeness (QED) is 0.467. The van der Waals surface area contributed by atoms with E-state index in [4.69, 9.17) is 0 Å². The molecule has 1 unspecified atom stereocenters. The molecule has 2 amide bonds. The maximum atomic E-state index is 12.4. The second-order valence-electron chi connectivity index (χ2n) is 10.7. The van der Waals surface area contributed by atoms with Crippen LogP contribution in [0.4, 0.5) is 0 Å². The van der Waals surface area contributed by atoms with E-state index in [1.54, 1.807) is 13.8 Å². The summed E-state index contributed by atoms with van der Waals surface area (Å²) >= 11 is 0. The molecule has 0 aromatic carbocycles. The third kappa shape index (κ3) is 8.99. The Balaban J connectivity index is 4.64. The van der Waals surface area contributed by atoms with Gasteiger partial charge in [0, 0.05) is 17.4 Å². The third-order valence-corrected chi connectivity index (χ3v) is 4.30. The molecule has 1 atom stereocenters. The number of carbonyl (C=O) groups excluding carboxylic acids is 2. The summed E-state index contributed by atoms with van der Waals surface area (Å²) in [6.45, 7) is 17.2. The van der Waals surface area contributed by atoms with E-state index in [0.29, 0.717) is 12.8 Å². The largest absolute Gasteiger partial charge is 0.396 e. The number of amides is 2. The molecule has 0 spiro atoms. The monoisotopic (exact) mass is 372 g/mol. The molecule has 0 aromatic rings. The lowest BCUT2D eigenvalue weighted by Gasteiger charge is -2.33. The molecule has 0 saturated heterocycles. The average molecular weight is 373 g/mol. The first-order valence-corrected chi connectivity index (χ1v) is 9.30. The molecule has 6 heteroatoms. The topological polar surface area (TPSA) is 98.7 Å². The van der Waals surface area contributed by atoms with Crippen molar-refractivity contribution in [2.75, 3.05) is 13.2 Å². The normalized spacial score (nSPS) is 14.7. The fraction of sp³-hybridized carbons (Fsp3) is 0.900. The number of rotatable bonds is 9. The first-order valence-electron chi connectivity index (χ1n) is 9.30. The summed E-state index contributed by atoms with van der Waals surface area (Å²) in [6, 6.07) is 0. The summed E-state index contributed by atoms with van der Waals surface area (Å²) in [5.74, 6) is -0.462. The highest BCUT2D eigenvalue weighted by molar-refractivity contribution is 5.83. The van der Waals surface area contributed by atoms with E-state index in [1.807, 2.05) is 27.7 Å². The van der Waals surface area contributed by atoms with Crippen LogP contribution in [0, 0.1) is 21.7 Å². The van der Waals surface area contributed by atoms with Gasteiger partial charge in [-0.15, -0.1) is 0 Å². The van der Waals surface area contributed by atoms with Crippen LogP contribution in [0.25, 0.3) is 0 Å². The van der Waals surface area contributed by atoms with Crippen molar-refractivity contribution >= 4 is 11.8 Å². The number of aliphatic hydroxyl groups is 2. The fourth-order valence-electron chi connectivity index (χ4n) is 3.57. The van der Waals surface area contributed by atoms with Crippen molar-refractivity contribution in [3.05, 3.63) is 0 Å². The van der Waals surface area contributed by atoms with Gasteiger partial charge in [-0.25, -0.2) is 0 Å². The van der Waals surface area contributed by atoms with Crippen molar-refractivity contribution in [2.45, 2.75) is 81.4 Å². The van der Waals surface area contributed by atoms with Gasteiger partial charge in [0.15, 0.2) is 0 Å². The Bertz CT molecular complexity index is 491. The number of hydrogen-bond acceptors (Lipinski definition) is 4. The molecule has 0 radical (unpaired) electrons. The van der Waals surface area contributed by atoms with E-state index in [0.717, 1.165) is 0 Å². The molecule has 0 bridgehead atoms. The molecule has 26 heavy (non-hydrogen) atoms. The minimum atomic E-state index is -1.15. The number of carbonyl (C=O) groups is 2. The molecule has 0 aromatic heterocycles. The van der Waals surface area contributed by atoms with E-state index in [2.05, 4.69) is 31.4 Å². The van der Waals surface area contributed by atoms with Gasteiger partial charge in [0.05, 0.1) is 6.54 Å². The SMILES string of the molecule is CC(C)(C)CC(C)(C)C(=O)NC(O)CNC(=O)C(C)(C)CC(C)(C)CO. The van der Waals surface area contributed by atoms with Crippen molar-refractivity contribution in [1.82, 2.24) is 10.6 Å². The lowest BCUT2D eigenvalue weighted by atomic mass is 9.75. The van der Waals surface area contributed by atoms with Gasteiger partial charge in [-0.3, -0.25) is 9.59 Å². The van der Waals surface area contributed by atoms with E-state index in [9.17, 15) is 19.8 Å². The van der Waals surface area contributed by atoms with Crippen LogP contribution in [0.5, 0.6) is 0 Å². The second-order valence-corrected chi connectivity index (χ2v) is 10.7. The molecule has 154 valence electrons. The Kier molecular flexibility index (Phi) is 8.32. The summed E-state index contributed by atoms with van der Waals surface area (Å²) < 4.78 is 0. The maximum Gasteiger partial charge on any atom is 0.227 e. The Morgan fingerprint density at radius 2 is 1.31 bits per heavy atom. The highest BCUT2D eigenvalue weighted by atomic mass is 16.3. The smallest absolute Gasteiger partial charge is 0.227 e. The fourth-order valence-corrected chi connectivity index (χ4v) is 3.57. The Morgan fingerprint density at radius 1 is 0.846 bits per heavy atom.